The van der Waals surface area contributed by atoms with E-state index in [1.807, 2.05) is 0 Å². The van der Waals surface area contributed by atoms with Gasteiger partial charge >= 0.3 is 5.97 Å². The molecule has 0 fully saturated rings. The molecule has 0 amide bonds. The van der Waals surface area contributed by atoms with Crippen LogP contribution in [0.5, 0.6) is 0 Å². The summed E-state index contributed by atoms with van der Waals surface area (Å²) >= 11 is 1.62. The summed E-state index contributed by atoms with van der Waals surface area (Å²) in [6, 6.07) is 0. The highest BCUT2D eigenvalue weighted by Crippen LogP contribution is 2.13. The summed E-state index contributed by atoms with van der Waals surface area (Å²) in [5.41, 5.74) is -0.106. The lowest BCUT2D eigenvalue weighted by Gasteiger charge is -1.96. The lowest BCUT2D eigenvalue weighted by Crippen LogP contribution is -2.02. The molecule has 0 saturated carbocycles. The van der Waals surface area contributed by atoms with Crippen LogP contribution in [0, 0.1) is 9.39 Å². The van der Waals surface area contributed by atoms with E-state index in [0.29, 0.717) is 0 Å². The zero-order chi connectivity index (χ0) is 8.43. The van der Waals surface area contributed by atoms with Gasteiger partial charge in [0.25, 0.3) is 0 Å². The number of hydrogen-bond acceptors (Lipinski definition) is 2. The second kappa shape index (κ2) is 3.12. The van der Waals surface area contributed by atoms with Crippen molar-refractivity contribution in [1.82, 2.24) is 4.98 Å². The van der Waals surface area contributed by atoms with E-state index < -0.39 is 11.8 Å². The van der Waals surface area contributed by atoms with Gasteiger partial charge in [-0.2, -0.15) is 0 Å². The Kier molecular flexibility index (Phi) is 2.38. The summed E-state index contributed by atoms with van der Waals surface area (Å²) in [7, 11) is 0. The normalized spacial score (nSPS) is 9.64. The molecule has 0 aliphatic rings. The van der Waals surface area contributed by atoms with Crippen LogP contribution < -0.4 is 0 Å². The molecule has 0 aliphatic carbocycles. The van der Waals surface area contributed by atoms with Crippen LogP contribution in [0.15, 0.2) is 12.4 Å². The van der Waals surface area contributed by atoms with Crippen molar-refractivity contribution in [3.05, 3.63) is 27.3 Å². The maximum Gasteiger partial charge on any atom is 0.338 e. The number of hydrogen-bond donors (Lipinski definition) is 1. The third-order valence-electron chi connectivity index (χ3n) is 1.07. The van der Waals surface area contributed by atoms with E-state index in [2.05, 4.69) is 4.98 Å². The fraction of sp³-hybridized carbons (Fsp3) is 0. The molecule has 0 aliphatic heterocycles. The fourth-order valence-corrected chi connectivity index (χ4v) is 1.08. The van der Waals surface area contributed by atoms with Gasteiger partial charge in [-0.1, -0.05) is 0 Å². The predicted molar refractivity (Wildman–Crippen MR) is 43.9 cm³/mol. The van der Waals surface area contributed by atoms with Gasteiger partial charge < -0.3 is 5.11 Å². The van der Waals surface area contributed by atoms with Crippen LogP contribution in [-0.2, 0) is 0 Å². The number of carboxylic acid groups (broad SMARTS) is 1. The Balaban J connectivity index is 3.27. The van der Waals surface area contributed by atoms with Gasteiger partial charge in [-0.3, -0.25) is 4.98 Å². The summed E-state index contributed by atoms with van der Waals surface area (Å²) in [4.78, 5) is 13.8. The van der Waals surface area contributed by atoms with Gasteiger partial charge in [0.15, 0.2) is 5.82 Å². The molecule has 58 valence electrons. The van der Waals surface area contributed by atoms with Gasteiger partial charge in [0.1, 0.15) is 0 Å². The molecule has 0 saturated heterocycles. The van der Waals surface area contributed by atoms with E-state index >= 15 is 0 Å². The van der Waals surface area contributed by atoms with Crippen molar-refractivity contribution < 1.29 is 14.3 Å². The van der Waals surface area contributed by atoms with Crippen LogP contribution in [-0.4, -0.2) is 16.1 Å². The molecule has 1 aromatic heterocycles. The fourth-order valence-electron chi connectivity index (χ4n) is 0.568. The van der Waals surface area contributed by atoms with Gasteiger partial charge in [0.2, 0.25) is 0 Å². The Morgan fingerprint density at radius 1 is 1.64 bits per heavy atom. The van der Waals surface area contributed by atoms with Crippen molar-refractivity contribution in [2.45, 2.75) is 0 Å². The number of pyridine rings is 1. The topological polar surface area (TPSA) is 50.2 Å². The van der Waals surface area contributed by atoms with Crippen molar-refractivity contribution in [2.75, 3.05) is 0 Å². The van der Waals surface area contributed by atoms with Crippen molar-refractivity contribution >= 4 is 28.6 Å². The minimum absolute atomic E-state index is 0.0881. The molecule has 0 spiro atoms. The van der Waals surface area contributed by atoms with E-state index in [-0.39, 0.29) is 9.13 Å². The minimum atomic E-state index is -1.17. The first-order valence-electron chi connectivity index (χ1n) is 2.65. The first kappa shape index (κ1) is 8.38. The first-order chi connectivity index (χ1) is 5.13. The van der Waals surface area contributed by atoms with E-state index in [9.17, 15) is 9.18 Å². The number of aromatic nitrogens is 1. The van der Waals surface area contributed by atoms with E-state index in [4.69, 9.17) is 5.11 Å². The maximum atomic E-state index is 12.6. The quantitative estimate of drug-likeness (QED) is 0.785. The first-order valence-corrected chi connectivity index (χ1v) is 3.73. The van der Waals surface area contributed by atoms with Crippen LogP contribution in [0.3, 0.4) is 0 Å². The highest BCUT2D eigenvalue weighted by molar-refractivity contribution is 14.1. The average molecular weight is 267 g/mol. The molecule has 0 bridgehead atoms. The number of carbonyl (C=O) groups is 1. The van der Waals surface area contributed by atoms with Crippen LogP contribution in [0.4, 0.5) is 4.39 Å². The number of aromatic carboxylic acids is 1. The van der Waals surface area contributed by atoms with Crippen molar-refractivity contribution in [1.29, 1.82) is 0 Å². The number of nitrogens with zero attached hydrogens (tertiary/aromatic N) is 1. The summed E-state index contributed by atoms with van der Waals surface area (Å²) < 4.78 is 12.7. The number of carboxylic acids is 1. The maximum absolute atomic E-state index is 12.6. The van der Waals surface area contributed by atoms with Gasteiger partial charge in [0.05, 0.1) is 15.3 Å². The third-order valence-corrected chi connectivity index (χ3v) is 2.16. The van der Waals surface area contributed by atoms with Crippen LogP contribution in [0.25, 0.3) is 0 Å². The molecule has 5 heteroatoms. The summed E-state index contributed by atoms with van der Waals surface area (Å²) in [5.74, 6) is -1.77. The lowest BCUT2D eigenvalue weighted by atomic mass is 10.3. The molecule has 0 radical (unpaired) electrons. The molecule has 0 aromatic carbocycles. The Bertz CT molecular complexity index is 303. The molecule has 3 nitrogen and oxygen atoms in total. The summed E-state index contributed by atoms with van der Waals surface area (Å²) in [6.07, 6.45) is 2.10. The standard InChI is InChI=1S/C6H3FINO2/c7-4-2-9-1-3(5(4)8)6(10)11/h1-2H,(H,10,11). The highest BCUT2D eigenvalue weighted by Gasteiger charge is 2.11. The van der Waals surface area contributed by atoms with Gasteiger partial charge in [-0.05, 0) is 22.6 Å². The lowest BCUT2D eigenvalue weighted by molar-refractivity contribution is 0.0694. The van der Waals surface area contributed by atoms with Crippen molar-refractivity contribution in [3.63, 3.8) is 0 Å². The molecule has 1 aromatic rings. The van der Waals surface area contributed by atoms with Gasteiger partial charge in [0, 0.05) is 6.20 Å². The Hall–Kier alpha value is -0.720. The summed E-state index contributed by atoms with van der Waals surface area (Å²) in [5, 5.41) is 8.48. The molecule has 11 heavy (non-hydrogen) atoms. The van der Waals surface area contributed by atoms with Crippen molar-refractivity contribution in [3.8, 4) is 0 Å². The monoisotopic (exact) mass is 267 g/mol. The Morgan fingerprint density at radius 2 is 2.27 bits per heavy atom. The molecule has 0 atom stereocenters. The smallest absolute Gasteiger partial charge is 0.338 e. The van der Waals surface area contributed by atoms with E-state index in [1.165, 1.54) is 0 Å². The van der Waals surface area contributed by atoms with Crippen LogP contribution in [0.1, 0.15) is 10.4 Å². The van der Waals surface area contributed by atoms with Crippen LogP contribution >= 0.6 is 22.6 Å². The largest absolute Gasteiger partial charge is 0.478 e. The van der Waals surface area contributed by atoms with E-state index in [1.54, 1.807) is 22.6 Å². The zero-order valence-electron chi connectivity index (χ0n) is 5.21. The number of halogens is 2. The second-order valence-corrected chi connectivity index (χ2v) is 2.87. The molecule has 1 N–H and O–H groups in total. The SMILES string of the molecule is O=C(O)c1cncc(F)c1I. The molecule has 1 rings (SSSR count). The van der Waals surface area contributed by atoms with Crippen molar-refractivity contribution in [2.24, 2.45) is 0 Å². The predicted octanol–water partition coefficient (Wildman–Crippen LogP) is 1.52. The minimum Gasteiger partial charge on any atom is -0.478 e. The number of rotatable bonds is 1. The molecule has 0 unspecified atom stereocenters. The van der Waals surface area contributed by atoms with Gasteiger partial charge in [-0.15, -0.1) is 0 Å². The molecule has 1 heterocycles. The molecular weight excluding hydrogens is 264 g/mol. The Labute approximate surface area is 75.4 Å². The molecular formula is C6H3FINO2. The second-order valence-electron chi connectivity index (χ2n) is 1.79. The third kappa shape index (κ3) is 1.65. The Morgan fingerprint density at radius 3 is 2.73 bits per heavy atom. The highest BCUT2D eigenvalue weighted by atomic mass is 127. The van der Waals surface area contributed by atoms with Crippen LogP contribution in [0.2, 0.25) is 0 Å². The van der Waals surface area contributed by atoms with E-state index in [0.717, 1.165) is 12.4 Å². The zero-order valence-corrected chi connectivity index (χ0v) is 7.37. The summed E-state index contributed by atoms with van der Waals surface area (Å²) in [6.45, 7) is 0. The van der Waals surface area contributed by atoms with Gasteiger partial charge in [-0.25, -0.2) is 9.18 Å². The average Bonchev–Trinajstić information content (AvgIpc) is 1.94.